The Labute approximate surface area is 85.5 Å². The normalized spacial score (nSPS) is 9.93. The Bertz CT molecular complexity index is 461. The number of halogens is 1. The lowest BCUT2D eigenvalue weighted by atomic mass is 10.3. The first kappa shape index (κ1) is 9.39. The minimum Gasteiger partial charge on any atom is -0.437 e. The van der Waals surface area contributed by atoms with Crippen molar-refractivity contribution in [1.29, 1.82) is 0 Å². The monoisotopic (exact) mass is 205 g/mol. The number of anilines is 1. The first-order valence-corrected chi connectivity index (χ1v) is 4.26. The highest BCUT2D eigenvalue weighted by Gasteiger charge is 2.02. The molecule has 0 aliphatic rings. The molecule has 0 atom stereocenters. The molecule has 0 spiro atoms. The van der Waals surface area contributed by atoms with E-state index in [2.05, 4.69) is 10.2 Å². The Morgan fingerprint density at radius 1 is 1.27 bits per heavy atom. The predicted molar refractivity (Wildman–Crippen MR) is 52.9 cm³/mol. The molecule has 1 aromatic heterocycles. The number of nitrogen functional groups attached to an aromatic ring is 1. The van der Waals surface area contributed by atoms with E-state index in [-0.39, 0.29) is 5.69 Å². The van der Waals surface area contributed by atoms with Gasteiger partial charge in [-0.2, -0.15) is 5.10 Å². The molecule has 0 fully saturated rings. The molecule has 0 aliphatic heterocycles. The summed E-state index contributed by atoms with van der Waals surface area (Å²) < 4.78 is 18.3. The van der Waals surface area contributed by atoms with Crippen molar-refractivity contribution in [2.24, 2.45) is 0 Å². The number of benzene rings is 1. The average molecular weight is 205 g/mol. The van der Waals surface area contributed by atoms with Crippen molar-refractivity contribution in [3.05, 3.63) is 42.3 Å². The van der Waals surface area contributed by atoms with Crippen LogP contribution in [0.4, 0.5) is 10.1 Å². The minimum absolute atomic E-state index is 0.0847. The molecule has 15 heavy (non-hydrogen) atoms. The van der Waals surface area contributed by atoms with Gasteiger partial charge in [0, 0.05) is 18.3 Å². The number of hydrogen-bond acceptors (Lipinski definition) is 4. The first-order chi connectivity index (χ1) is 7.25. The summed E-state index contributed by atoms with van der Waals surface area (Å²) in [4.78, 5) is 0. The van der Waals surface area contributed by atoms with E-state index in [1.807, 2.05) is 0 Å². The van der Waals surface area contributed by atoms with Crippen LogP contribution in [0.3, 0.4) is 0 Å². The molecule has 0 amide bonds. The van der Waals surface area contributed by atoms with Gasteiger partial charge in [-0.15, -0.1) is 5.10 Å². The van der Waals surface area contributed by atoms with E-state index in [9.17, 15) is 4.39 Å². The van der Waals surface area contributed by atoms with Crippen molar-refractivity contribution >= 4 is 5.69 Å². The summed E-state index contributed by atoms with van der Waals surface area (Å²) in [6, 6.07) is 7.50. The molecule has 5 heteroatoms. The summed E-state index contributed by atoms with van der Waals surface area (Å²) in [5.74, 6) is 0.125. The fraction of sp³-hybridized carbons (Fsp3) is 0. The Morgan fingerprint density at radius 2 is 2.13 bits per heavy atom. The molecule has 1 heterocycles. The van der Waals surface area contributed by atoms with E-state index in [0.29, 0.717) is 11.6 Å². The number of ether oxygens (including phenoxy) is 1. The van der Waals surface area contributed by atoms with E-state index in [0.717, 1.165) is 0 Å². The van der Waals surface area contributed by atoms with Crippen LogP contribution in [0, 0.1) is 5.82 Å². The van der Waals surface area contributed by atoms with E-state index in [1.54, 1.807) is 18.2 Å². The van der Waals surface area contributed by atoms with Gasteiger partial charge >= 0.3 is 0 Å². The number of aromatic nitrogens is 2. The van der Waals surface area contributed by atoms with Crippen LogP contribution in [0.25, 0.3) is 0 Å². The lowest BCUT2D eigenvalue weighted by Gasteiger charge is -2.04. The second-order valence-electron chi connectivity index (χ2n) is 2.85. The maximum absolute atomic E-state index is 13.0. The van der Waals surface area contributed by atoms with Crippen LogP contribution in [-0.4, -0.2) is 10.2 Å². The quantitative estimate of drug-likeness (QED) is 0.761. The largest absolute Gasteiger partial charge is 0.437 e. The van der Waals surface area contributed by atoms with Crippen molar-refractivity contribution in [2.75, 3.05) is 5.73 Å². The van der Waals surface area contributed by atoms with Gasteiger partial charge in [0.15, 0.2) is 0 Å². The Balaban J connectivity index is 2.22. The molecule has 2 aromatic rings. The van der Waals surface area contributed by atoms with Crippen LogP contribution in [-0.2, 0) is 0 Å². The van der Waals surface area contributed by atoms with Crippen LogP contribution < -0.4 is 10.5 Å². The molecule has 2 rings (SSSR count). The number of rotatable bonds is 2. The van der Waals surface area contributed by atoms with Crippen molar-refractivity contribution in [3.8, 4) is 11.6 Å². The van der Waals surface area contributed by atoms with E-state index >= 15 is 0 Å². The number of nitrogens with zero attached hydrogens (tertiary/aromatic N) is 2. The molecule has 4 nitrogen and oxygen atoms in total. The maximum atomic E-state index is 13.0. The van der Waals surface area contributed by atoms with Gasteiger partial charge < -0.3 is 10.5 Å². The highest BCUT2D eigenvalue weighted by molar-refractivity contribution is 5.44. The van der Waals surface area contributed by atoms with Gasteiger partial charge in [-0.3, -0.25) is 0 Å². The summed E-state index contributed by atoms with van der Waals surface area (Å²) in [6.45, 7) is 0. The summed E-state index contributed by atoms with van der Waals surface area (Å²) in [5.41, 5.74) is 5.41. The highest BCUT2D eigenvalue weighted by atomic mass is 19.1. The zero-order valence-corrected chi connectivity index (χ0v) is 7.72. The molecule has 0 aliphatic carbocycles. The van der Waals surface area contributed by atoms with Crippen molar-refractivity contribution in [2.45, 2.75) is 0 Å². The predicted octanol–water partition coefficient (Wildman–Crippen LogP) is 1.99. The maximum Gasteiger partial charge on any atom is 0.238 e. The van der Waals surface area contributed by atoms with E-state index in [4.69, 9.17) is 10.5 Å². The van der Waals surface area contributed by atoms with Crippen LogP contribution in [0.1, 0.15) is 0 Å². The molecule has 76 valence electrons. The van der Waals surface area contributed by atoms with Crippen molar-refractivity contribution in [1.82, 2.24) is 10.2 Å². The lowest BCUT2D eigenvalue weighted by Crippen LogP contribution is -1.93. The molecule has 1 aromatic carbocycles. The topological polar surface area (TPSA) is 61.0 Å². The SMILES string of the molecule is Nc1ccc(Oc2cccnn2)cc1F. The van der Waals surface area contributed by atoms with Crippen molar-refractivity contribution in [3.63, 3.8) is 0 Å². The third-order valence-corrected chi connectivity index (χ3v) is 1.74. The third-order valence-electron chi connectivity index (χ3n) is 1.74. The van der Waals surface area contributed by atoms with Crippen LogP contribution in [0.5, 0.6) is 11.6 Å². The van der Waals surface area contributed by atoms with Crippen LogP contribution in [0.15, 0.2) is 36.5 Å². The lowest BCUT2D eigenvalue weighted by molar-refractivity contribution is 0.451. The van der Waals surface area contributed by atoms with Gasteiger partial charge in [-0.05, 0) is 18.2 Å². The standard InChI is InChI=1S/C10H8FN3O/c11-8-6-7(3-4-9(8)12)15-10-2-1-5-13-14-10/h1-6H,12H2. The second kappa shape index (κ2) is 3.91. The Kier molecular flexibility index (Phi) is 2.45. The molecular weight excluding hydrogens is 197 g/mol. The zero-order chi connectivity index (χ0) is 10.7. The molecule has 2 N–H and O–H groups in total. The van der Waals surface area contributed by atoms with Gasteiger partial charge in [-0.1, -0.05) is 0 Å². The van der Waals surface area contributed by atoms with E-state index < -0.39 is 5.82 Å². The second-order valence-corrected chi connectivity index (χ2v) is 2.85. The minimum atomic E-state index is -0.517. The van der Waals surface area contributed by atoms with E-state index in [1.165, 1.54) is 18.3 Å². The van der Waals surface area contributed by atoms with Crippen LogP contribution >= 0.6 is 0 Å². The fourth-order valence-corrected chi connectivity index (χ4v) is 1.03. The smallest absolute Gasteiger partial charge is 0.238 e. The van der Waals surface area contributed by atoms with Gasteiger partial charge in [-0.25, -0.2) is 4.39 Å². The highest BCUT2D eigenvalue weighted by Crippen LogP contribution is 2.22. The summed E-state index contributed by atoms with van der Waals surface area (Å²) in [5, 5.41) is 7.33. The summed E-state index contributed by atoms with van der Waals surface area (Å²) >= 11 is 0. The number of nitrogens with two attached hydrogens (primary N) is 1. The molecule has 0 bridgehead atoms. The van der Waals surface area contributed by atoms with Gasteiger partial charge in [0.1, 0.15) is 11.6 Å². The van der Waals surface area contributed by atoms with Crippen LogP contribution in [0.2, 0.25) is 0 Å². The van der Waals surface area contributed by atoms with Gasteiger partial charge in [0.05, 0.1) is 5.69 Å². The molecule has 0 saturated carbocycles. The summed E-state index contributed by atoms with van der Waals surface area (Å²) in [7, 11) is 0. The Morgan fingerprint density at radius 3 is 2.80 bits per heavy atom. The average Bonchev–Trinajstić information content (AvgIpc) is 2.25. The van der Waals surface area contributed by atoms with Gasteiger partial charge in [0.25, 0.3) is 0 Å². The first-order valence-electron chi connectivity index (χ1n) is 4.26. The molecule has 0 saturated heterocycles. The zero-order valence-electron chi connectivity index (χ0n) is 7.72. The Hall–Kier alpha value is -2.17. The third kappa shape index (κ3) is 2.19. The molecular formula is C10H8FN3O. The summed E-state index contributed by atoms with van der Waals surface area (Å²) in [6.07, 6.45) is 1.52. The number of hydrogen-bond donors (Lipinski definition) is 1. The fourth-order valence-electron chi connectivity index (χ4n) is 1.03. The molecule has 0 unspecified atom stereocenters. The molecule has 0 radical (unpaired) electrons. The van der Waals surface area contributed by atoms with Crippen molar-refractivity contribution < 1.29 is 9.13 Å². The van der Waals surface area contributed by atoms with Gasteiger partial charge in [0.2, 0.25) is 5.88 Å².